The number of H-pyrrole nitrogens is 1. The molecule has 2 aromatic heterocycles. The molecule has 24 heavy (non-hydrogen) atoms. The number of para-hydroxylation sites is 1. The Labute approximate surface area is 138 Å². The van der Waals surface area contributed by atoms with Gasteiger partial charge in [-0.1, -0.05) is 18.2 Å². The Morgan fingerprint density at radius 1 is 1.29 bits per heavy atom. The normalized spacial score (nSPS) is 18.2. The summed E-state index contributed by atoms with van der Waals surface area (Å²) in [4.78, 5) is 22.0. The van der Waals surface area contributed by atoms with Crippen LogP contribution >= 0.6 is 0 Å². The number of aromatic nitrogens is 4. The van der Waals surface area contributed by atoms with Crippen molar-refractivity contribution in [1.82, 2.24) is 19.7 Å². The first-order valence-electron chi connectivity index (χ1n) is 8.15. The molecule has 0 spiro atoms. The van der Waals surface area contributed by atoms with E-state index in [0.717, 1.165) is 25.1 Å². The number of benzene rings is 1. The summed E-state index contributed by atoms with van der Waals surface area (Å²) >= 11 is 0. The molecule has 1 aliphatic rings. The Balaban J connectivity index is 1.80. The molecule has 1 atom stereocenters. The monoisotopic (exact) mass is 325 g/mol. The first-order chi connectivity index (χ1) is 11.8. The molecule has 0 unspecified atom stereocenters. The molecular weight excluding hydrogens is 306 g/mol. The van der Waals surface area contributed by atoms with Gasteiger partial charge in [0, 0.05) is 19.7 Å². The second kappa shape index (κ2) is 6.09. The summed E-state index contributed by atoms with van der Waals surface area (Å²) in [6, 6.07) is 9.64. The van der Waals surface area contributed by atoms with Gasteiger partial charge in [0.2, 0.25) is 5.95 Å². The standard InChI is InChI=1S/C17H19N5O2/c23-11-12-5-4-8-21(10-12)17-19-15-14(16(24)20-17)9-18-22(15)13-6-2-1-3-7-13/h1-3,6-7,9,12,23H,4-5,8,10-11H2,(H,19,20,24)/t12-/m1/s1. The number of rotatable bonds is 3. The first kappa shape index (κ1) is 14.9. The molecule has 1 fully saturated rings. The maximum absolute atomic E-state index is 12.4. The molecule has 7 nitrogen and oxygen atoms in total. The lowest BCUT2D eigenvalue weighted by atomic mass is 9.99. The van der Waals surface area contributed by atoms with Crippen LogP contribution in [0, 0.1) is 5.92 Å². The highest BCUT2D eigenvalue weighted by molar-refractivity contribution is 5.76. The molecule has 0 amide bonds. The van der Waals surface area contributed by atoms with Gasteiger partial charge < -0.3 is 10.0 Å². The van der Waals surface area contributed by atoms with Crippen LogP contribution in [0.15, 0.2) is 41.3 Å². The second-order valence-corrected chi connectivity index (χ2v) is 6.16. The second-order valence-electron chi connectivity index (χ2n) is 6.16. The molecule has 2 N–H and O–H groups in total. The highest BCUT2D eigenvalue weighted by Crippen LogP contribution is 2.21. The van der Waals surface area contributed by atoms with Crippen LogP contribution in [0.4, 0.5) is 5.95 Å². The van der Waals surface area contributed by atoms with E-state index in [0.29, 0.717) is 23.5 Å². The van der Waals surface area contributed by atoms with Gasteiger partial charge in [0.1, 0.15) is 5.39 Å². The van der Waals surface area contributed by atoms with Crippen LogP contribution in [0.1, 0.15) is 12.8 Å². The van der Waals surface area contributed by atoms with Gasteiger partial charge in [-0.3, -0.25) is 9.78 Å². The van der Waals surface area contributed by atoms with E-state index in [9.17, 15) is 9.90 Å². The van der Waals surface area contributed by atoms with Gasteiger partial charge >= 0.3 is 0 Å². The number of fused-ring (bicyclic) bond motifs is 1. The molecule has 1 aromatic carbocycles. The Kier molecular flexibility index (Phi) is 3.78. The van der Waals surface area contributed by atoms with Crippen molar-refractivity contribution in [2.45, 2.75) is 12.8 Å². The van der Waals surface area contributed by atoms with Gasteiger partial charge in [0.25, 0.3) is 5.56 Å². The van der Waals surface area contributed by atoms with Crippen LogP contribution in [0.5, 0.6) is 0 Å². The van der Waals surface area contributed by atoms with E-state index in [1.54, 1.807) is 10.9 Å². The van der Waals surface area contributed by atoms with E-state index in [1.165, 1.54) is 0 Å². The molecule has 7 heteroatoms. The quantitative estimate of drug-likeness (QED) is 0.758. The van der Waals surface area contributed by atoms with Crippen LogP contribution in [0.3, 0.4) is 0 Å². The van der Waals surface area contributed by atoms with Crippen molar-refractivity contribution in [1.29, 1.82) is 0 Å². The van der Waals surface area contributed by atoms with Gasteiger partial charge in [-0.15, -0.1) is 0 Å². The third kappa shape index (κ3) is 2.56. The summed E-state index contributed by atoms with van der Waals surface area (Å²) in [5.41, 5.74) is 1.22. The van der Waals surface area contributed by atoms with E-state index in [1.807, 2.05) is 35.2 Å². The lowest BCUT2D eigenvalue weighted by molar-refractivity contribution is 0.208. The number of anilines is 1. The number of hydrogen-bond acceptors (Lipinski definition) is 5. The summed E-state index contributed by atoms with van der Waals surface area (Å²) in [5, 5.41) is 14.2. The van der Waals surface area contributed by atoms with Crippen molar-refractivity contribution in [2.75, 3.05) is 24.6 Å². The molecule has 1 saturated heterocycles. The van der Waals surface area contributed by atoms with Gasteiger partial charge in [-0.05, 0) is 30.9 Å². The van der Waals surface area contributed by atoms with E-state index in [4.69, 9.17) is 0 Å². The fraction of sp³-hybridized carbons (Fsp3) is 0.353. The predicted octanol–water partition coefficient (Wildman–Crippen LogP) is 1.32. The summed E-state index contributed by atoms with van der Waals surface area (Å²) in [7, 11) is 0. The third-order valence-electron chi connectivity index (χ3n) is 4.50. The van der Waals surface area contributed by atoms with Crippen molar-refractivity contribution in [3.8, 4) is 5.69 Å². The molecule has 0 aliphatic carbocycles. The van der Waals surface area contributed by atoms with Crippen molar-refractivity contribution in [3.05, 3.63) is 46.9 Å². The Morgan fingerprint density at radius 3 is 2.92 bits per heavy atom. The zero-order valence-electron chi connectivity index (χ0n) is 13.2. The van der Waals surface area contributed by atoms with Crippen LogP contribution < -0.4 is 10.5 Å². The third-order valence-corrected chi connectivity index (χ3v) is 4.50. The average Bonchev–Trinajstić information content (AvgIpc) is 3.07. The van der Waals surface area contributed by atoms with Gasteiger partial charge in [0.05, 0.1) is 11.9 Å². The number of aromatic amines is 1. The number of nitrogens with zero attached hydrogens (tertiary/aromatic N) is 4. The Hall–Kier alpha value is -2.67. The topological polar surface area (TPSA) is 87.0 Å². The van der Waals surface area contributed by atoms with Crippen molar-refractivity contribution >= 4 is 17.0 Å². The minimum absolute atomic E-state index is 0.158. The lowest BCUT2D eigenvalue weighted by Crippen LogP contribution is -2.38. The van der Waals surface area contributed by atoms with E-state index in [-0.39, 0.29) is 18.1 Å². The largest absolute Gasteiger partial charge is 0.396 e. The van der Waals surface area contributed by atoms with Crippen molar-refractivity contribution < 1.29 is 5.11 Å². The van der Waals surface area contributed by atoms with E-state index < -0.39 is 0 Å². The minimum atomic E-state index is -0.191. The molecule has 3 aromatic rings. The molecule has 1 aliphatic heterocycles. The molecule has 124 valence electrons. The summed E-state index contributed by atoms with van der Waals surface area (Å²) in [6.45, 7) is 1.68. The maximum atomic E-state index is 12.4. The average molecular weight is 325 g/mol. The van der Waals surface area contributed by atoms with Crippen LogP contribution in [0.25, 0.3) is 16.7 Å². The number of piperidine rings is 1. The molecular formula is C17H19N5O2. The summed E-state index contributed by atoms with van der Waals surface area (Å²) in [6.07, 6.45) is 3.52. The minimum Gasteiger partial charge on any atom is -0.396 e. The molecule has 3 heterocycles. The molecule has 4 rings (SSSR count). The number of nitrogens with one attached hydrogen (secondary N) is 1. The van der Waals surface area contributed by atoms with Crippen molar-refractivity contribution in [3.63, 3.8) is 0 Å². The van der Waals surface area contributed by atoms with Crippen LogP contribution in [-0.2, 0) is 0 Å². The van der Waals surface area contributed by atoms with Crippen molar-refractivity contribution in [2.24, 2.45) is 5.92 Å². The SMILES string of the molecule is O=c1[nH]c(N2CCC[C@@H](CO)C2)nc2c1cnn2-c1ccccc1. The number of aliphatic hydroxyl groups excluding tert-OH is 1. The number of aliphatic hydroxyl groups is 1. The van der Waals surface area contributed by atoms with Gasteiger partial charge in [-0.25, -0.2) is 4.68 Å². The fourth-order valence-corrected chi connectivity index (χ4v) is 3.22. The highest BCUT2D eigenvalue weighted by atomic mass is 16.3. The Bertz CT molecular complexity index is 902. The van der Waals surface area contributed by atoms with Crippen LogP contribution in [0.2, 0.25) is 0 Å². The smallest absolute Gasteiger partial charge is 0.263 e. The van der Waals surface area contributed by atoms with Gasteiger partial charge in [-0.2, -0.15) is 10.1 Å². The zero-order chi connectivity index (χ0) is 16.5. The van der Waals surface area contributed by atoms with E-state index in [2.05, 4.69) is 15.1 Å². The van der Waals surface area contributed by atoms with E-state index >= 15 is 0 Å². The zero-order valence-corrected chi connectivity index (χ0v) is 13.2. The Morgan fingerprint density at radius 2 is 2.12 bits per heavy atom. The summed E-state index contributed by atoms with van der Waals surface area (Å²) < 4.78 is 1.68. The molecule has 0 saturated carbocycles. The highest BCUT2D eigenvalue weighted by Gasteiger charge is 2.22. The number of hydrogen-bond donors (Lipinski definition) is 2. The molecule has 0 radical (unpaired) electrons. The lowest BCUT2D eigenvalue weighted by Gasteiger charge is -2.32. The summed E-state index contributed by atoms with van der Waals surface area (Å²) in [5.74, 6) is 0.766. The maximum Gasteiger partial charge on any atom is 0.263 e. The van der Waals surface area contributed by atoms with Crippen LogP contribution in [-0.4, -0.2) is 44.6 Å². The molecule has 0 bridgehead atoms. The van der Waals surface area contributed by atoms with Gasteiger partial charge in [0.15, 0.2) is 5.65 Å². The first-order valence-corrected chi connectivity index (χ1v) is 8.15. The fourth-order valence-electron chi connectivity index (χ4n) is 3.22. The predicted molar refractivity (Wildman–Crippen MR) is 91.5 cm³/mol.